The second-order valence-electron chi connectivity index (χ2n) is 5.87. The van der Waals surface area contributed by atoms with E-state index in [4.69, 9.17) is 14.2 Å². The lowest BCUT2D eigenvalue weighted by Crippen LogP contribution is -2.39. The molecule has 1 aliphatic rings. The van der Waals surface area contributed by atoms with E-state index < -0.39 is 0 Å². The Labute approximate surface area is 186 Å². The molecule has 0 bridgehead atoms. The molecule has 0 fully saturated rings. The zero-order valence-corrected chi connectivity index (χ0v) is 19.3. The van der Waals surface area contributed by atoms with E-state index >= 15 is 0 Å². The van der Waals surface area contributed by atoms with Crippen molar-refractivity contribution in [1.82, 2.24) is 15.6 Å². The van der Waals surface area contributed by atoms with Gasteiger partial charge in [0.25, 0.3) is 0 Å². The Morgan fingerprint density at radius 2 is 2.11 bits per heavy atom. The minimum atomic E-state index is 0. The number of nitrogens with zero attached hydrogens (tertiary/aromatic N) is 2. The van der Waals surface area contributed by atoms with Crippen LogP contribution in [0.5, 0.6) is 17.2 Å². The number of hydrogen-bond donors (Lipinski definition) is 2. The molecule has 0 radical (unpaired) electrons. The molecule has 9 heteroatoms. The van der Waals surface area contributed by atoms with Crippen LogP contribution >= 0.6 is 35.3 Å². The van der Waals surface area contributed by atoms with Crippen molar-refractivity contribution < 1.29 is 14.2 Å². The van der Waals surface area contributed by atoms with Gasteiger partial charge in [0.15, 0.2) is 17.5 Å². The number of ether oxygens (including phenoxy) is 3. The normalized spacial score (nSPS) is 12.4. The number of nitrogens with one attached hydrogen (secondary N) is 2. The van der Waals surface area contributed by atoms with Crippen molar-refractivity contribution in [3.63, 3.8) is 0 Å². The van der Waals surface area contributed by atoms with Crippen molar-refractivity contribution in [2.45, 2.75) is 26.7 Å². The smallest absolute Gasteiger partial charge is 0.231 e. The van der Waals surface area contributed by atoms with Gasteiger partial charge in [-0.1, -0.05) is 6.92 Å². The second-order valence-corrected chi connectivity index (χ2v) is 7.07. The van der Waals surface area contributed by atoms with Crippen molar-refractivity contribution in [3.05, 3.63) is 34.3 Å². The van der Waals surface area contributed by atoms with Crippen LogP contribution in [0.25, 0.3) is 0 Å². The Hall–Kier alpha value is -1.75. The summed E-state index contributed by atoms with van der Waals surface area (Å²) in [5.74, 6) is 3.04. The summed E-state index contributed by atoms with van der Waals surface area (Å²) < 4.78 is 16.4. The molecule has 2 heterocycles. The maximum atomic E-state index is 5.76. The lowest BCUT2D eigenvalue weighted by molar-refractivity contribution is 0.173. The highest BCUT2D eigenvalue weighted by atomic mass is 127. The lowest BCUT2D eigenvalue weighted by Gasteiger charge is -2.12. The first-order valence-corrected chi connectivity index (χ1v) is 10.1. The number of fused-ring (bicyclic) bond motifs is 1. The molecule has 2 aromatic rings. The van der Waals surface area contributed by atoms with E-state index in [1.165, 1.54) is 4.88 Å². The zero-order valence-electron chi connectivity index (χ0n) is 16.2. The maximum absolute atomic E-state index is 5.76. The van der Waals surface area contributed by atoms with Crippen LogP contribution in [0.3, 0.4) is 0 Å². The number of aryl methyl sites for hydroxylation is 1. The van der Waals surface area contributed by atoms with Crippen LogP contribution in [0.2, 0.25) is 0 Å². The van der Waals surface area contributed by atoms with Gasteiger partial charge >= 0.3 is 0 Å². The summed E-state index contributed by atoms with van der Waals surface area (Å²) in [5, 5.41) is 7.67. The highest BCUT2D eigenvalue weighted by molar-refractivity contribution is 14.0. The topological polar surface area (TPSA) is 77.0 Å². The number of aliphatic imine (C=N–C) groups is 1. The third kappa shape index (κ3) is 6.69. The molecular formula is C19H27IN4O3S. The van der Waals surface area contributed by atoms with Crippen molar-refractivity contribution in [3.8, 4) is 17.2 Å². The number of benzene rings is 1. The fourth-order valence-corrected chi connectivity index (χ4v) is 3.39. The van der Waals surface area contributed by atoms with Gasteiger partial charge in [0.2, 0.25) is 6.79 Å². The minimum absolute atomic E-state index is 0. The predicted molar refractivity (Wildman–Crippen MR) is 123 cm³/mol. The standard InChI is InChI=1S/C19H26N4O3S.HI/c1-3-15-12-23-18(27-15)7-8-21-19(20-4-2)22-9-10-24-14-5-6-16-17(11-14)26-13-25-16;/h5-6,11-12H,3-4,7-10,13H2,1-2H3,(H2,20,21,22);1H. The van der Waals surface area contributed by atoms with Crippen molar-refractivity contribution in [2.24, 2.45) is 4.99 Å². The van der Waals surface area contributed by atoms with Crippen LogP contribution in [-0.2, 0) is 12.8 Å². The first-order chi connectivity index (χ1) is 13.3. The summed E-state index contributed by atoms with van der Waals surface area (Å²) in [6.07, 6.45) is 3.85. The van der Waals surface area contributed by atoms with Gasteiger partial charge < -0.3 is 24.8 Å². The third-order valence-corrected chi connectivity index (χ3v) is 5.10. The molecule has 0 amide bonds. The molecule has 2 N–H and O–H groups in total. The quantitative estimate of drug-likeness (QED) is 0.230. The third-order valence-electron chi connectivity index (χ3n) is 3.90. The van der Waals surface area contributed by atoms with Gasteiger partial charge in [0.1, 0.15) is 12.4 Å². The summed E-state index contributed by atoms with van der Waals surface area (Å²) in [6, 6.07) is 5.59. The summed E-state index contributed by atoms with van der Waals surface area (Å²) in [7, 11) is 0. The first kappa shape index (κ1) is 22.5. The highest BCUT2D eigenvalue weighted by Crippen LogP contribution is 2.34. The molecule has 3 rings (SSSR count). The van der Waals surface area contributed by atoms with Crippen LogP contribution < -0.4 is 24.8 Å². The van der Waals surface area contributed by atoms with E-state index in [2.05, 4.69) is 34.5 Å². The Balaban J connectivity index is 0.00000280. The average Bonchev–Trinajstić information content (AvgIpc) is 3.33. The number of aromatic nitrogens is 1. The Kier molecular flexibility index (Phi) is 9.62. The minimum Gasteiger partial charge on any atom is -0.492 e. The number of halogens is 1. The summed E-state index contributed by atoms with van der Waals surface area (Å²) in [6.45, 7) is 7.15. The van der Waals surface area contributed by atoms with E-state index in [0.717, 1.165) is 47.6 Å². The zero-order chi connectivity index (χ0) is 18.9. The Morgan fingerprint density at radius 1 is 1.25 bits per heavy atom. The van der Waals surface area contributed by atoms with Gasteiger partial charge in [-0.3, -0.25) is 4.99 Å². The monoisotopic (exact) mass is 518 g/mol. The molecule has 0 spiro atoms. The molecule has 154 valence electrons. The molecule has 1 aliphatic heterocycles. The molecule has 0 atom stereocenters. The molecule has 7 nitrogen and oxygen atoms in total. The Bertz CT molecular complexity index is 769. The lowest BCUT2D eigenvalue weighted by atomic mass is 10.3. The van der Waals surface area contributed by atoms with Crippen molar-refractivity contribution in [1.29, 1.82) is 0 Å². The van der Waals surface area contributed by atoms with Crippen LogP contribution in [0.1, 0.15) is 23.7 Å². The fraction of sp³-hybridized carbons (Fsp3) is 0.474. The second kappa shape index (κ2) is 11.9. The summed E-state index contributed by atoms with van der Waals surface area (Å²) in [5.41, 5.74) is 0. The van der Waals surface area contributed by atoms with Gasteiger partial charge in [-0.15, -0.1) is 35.3 Å². The predicted octanol–water partition coefficient (Wildman–Crippen LogP) is 3.23. The summed E-state index contributed by atoms with van der Waals surface area (Å²) in [4.78, 5) is 10.4. The van der Waals surface area contributed by atoms with Gasteiger partial charge in [0, 0.05) is 36.7 Å². The van der Waals surface area contributed by atoms with Gasteiger partial charge in [0.05, 0.1) is 11.6 Å². The largest absolute Gasteiger partial charge is 0.492 e. The van der Waals surface area contributed by atoms with Crippen molar-refractivity contribution in [2.75, 3.05) is 33.0 Å². The molecule has 0 aliphatic carbocycles. The molecular weight excluding hydrogens is 491 g/mol. The van der Waals surface area contributed by atoms with E-state index in [-0.39, 0.29) is 30.8 Å². The van der Waals surface area contributed by atoms with E-state index in [9.17, 15) is 0 Å². The fourth-order valence-electron chi connectivity index (χ4n) is 2.54. The van der Waals surface area contributed by atoms with E-state index in [0.29, 0.717) is 19.7 Å². The summed E-state index contributed by atoms with van der Waals surface area (Å²) >= 11 is 1.77. The number of hydrogen-bond acceptors (Lipinski definition) is 6. The number of guanidine groups is 1. The van der Waals surface area contributed by atoms with Gasteiger partial charge in [-0.2, -0.15) is 0 Å². The first-order valence-electron chi connectivity index (χ1n) is 9.26. The van der Waals surface area contributed by atoms with Crippen molar-refractivity contribution >= 4 is 41.3 Å². The molecule has 0 unspecified atom stereocenters. The van der Waals surface area contributed by atoms with Crippen LogP contribution in [-0.4, -0.2) is 44.0 Å². The Morgan fingerprint density at radius 3 is 2.89 bits per heavy atom. The molecule has 0 saturated heterocycles. The SMILES string of the molecule is CCNC(=NCCc1ncc(CC)s1)NCCOc1ccc2c(c1)OCO2.I. The maximum Gasteiger partial charge on any atom is 0.231 e. The molecule has 28 heavy (non-hydrogen) atoms. The highest BCUT2D eigenvalue weighted by Gasteiger charge is 2.13. The van der Waals surface area contributed by atoms with Gasteiger partial charge in [-0.25, -0.2) is 4.98 Å². The molecule has 1 aromatic carbocycles. The molecule has 1 aromatic heterocycles. The van der Waals surface area contributed by atoms with Gasteiger partial charge in [-0.05, 0) is 25.5 Å². The molecule has 0 saturated carbocycles. The van der Waals surface area contributed by atoms with Crippen LogP contribution in [0, 0.1) is 0 Å². The van der Waals surface area contributed by atoms with E-state index in [1.54, 1.807) is 11.3 Å². The van der Waals surface area contributed by atoms with E-state index in [1.807, 2.05) is 24.4 Å². The van der Waals surface area contributed by atoms with Crippen LogP contribution in [0.4, 0.5) is 0 Å². The number of thiazole rings is 1. The number of rotatable bonds is 9. The van der Waals surface area contributed by atoms with Crippen LogP contribution in [0.15, 0.2) is 29.4 Å². The average molecular weight is 518 g/mol.